The van der Waals surface area contributed by atoms with Crippen molar-refractivity contribution in [2.24, 2.45) is 5.92 Å². The van der Waals surface area contributed by atoms with Gasteiger partial charge in [0.25, 0.3) is 5.91 Å². The zero-order valence-electron chi connectivity index (χ0n) is 15.7. The number of nitrogens with one attached hydrogen (secondary N) is 1. The highest BCUT2D eigenvalue weighted by Gasteiger charge is 2.37. The maximum Gasteiger partial charge on any atom is 0.255 e. The first kappa shape index (κ1) is 19.9. The molecule has 1 aromatic carbocycles. The lowest BCUT2D eigenvalue weighted by molar-refractivity contribution is -0.129. The molecule has 1 aliphatic heterocycles. The average Bonchev–Trinajstić information content (AvgIpc) is 3.21. The minimum atomic E-state index is -0.106. The fraction of sp³-hybridized carbons (Fsp3) is 0.524. The zero-order chi connectivity index (χ0) is 19.2. The first-order chi connectivity index (χ1) is 13.1. The summed E-state index contributed by atoms with van der Waals surface area (Å²) in [6, 6.07) is 7.05. The first-order valence-corrected chi connectivity index (χ1v) is 10.2. The quantitative estimate of drug-likeness (QED) is 0.761. The molecule has 3 rings (SSSR count). The van der Waals surface area contributed by atoms with Gasteiger partial charge in [0.15, 0.2) is 0 Å². The van der Waals surface area contributed by atoms with E-state index in [1.54, 1.807) is 18.2 Å². The predicted molar refractivity (Wildman–Crippen MR) is 108 cm³/mol. The van der Waals surface area contributed by atoms with Gasteiger partial charge in [-0.1, -0.05) is 42.7 Å². The van der Waals surface area contributed by atoms with Gasteiger partial charge in [-0.3, -0.25) is 14.5 Å². The van der Waals surface area contributed by atoms with Crippen LogP contribution in [-0.2, 0) is 4.79 Å². The molecular weight excluding hydrogens is 362 g/mol. The van der Waals surface area contributed by atoms with Crippen molar-refractivity contribution in [1.29, 1.82) is 0 Å². The Labute approximate surface area is 166 Å². The molecule has 1 atom stereocenters. The minimum absolute atomic E-state index is 0.0335. The summed E-state index contributed by atoms with van der Waals surface area (Å²) >= 11 is 6.17. The normalized spacial score (nSPS) is 19.7. The van der Waals surface area contributed by atoms with Crippen molar-refractivity contribution in [2.45, 2.75) is 31.7 Å². The molecule has 1 aromatic rings. The molecule has 2 aliphatic rings. The lowest BCUT2D eigenvalue weighted by Crippen LogP contribution is -2.58. The molecule has 5 nitrogen and oxygen atoms in total. The molecule has 6 heteroatoms. The smallest absolute Gasteiger partial charge is 0.255 e. The molecule has 146 valence electrons. The van der Waals surface area contributed by atoms with E-state index in [2.05, 4.69) is 16.8 Å². The van der Waals surface area contributed by atoms with E-state index in [0.717, 1.165) is 12.8 Å². The van der Waals surface area contributed by atoms with Crippen LogP contribution in [0.3, 0.4) is 0 Å². The fourth-order valence-electron chi connectivity index (χ4n) is 4.24. The number of halogens is 1. The van der Waals surface area contributed by atoms with Crippen LogP contribution in [0.5, 0.6) is 0 Å². The molecule has 1 heterocycles. The maximum absolute atomic E-state index is 12.8. The summed E-state index contributed by atoms with van der Waals surface area (Å²) < 4.78 is 0. The fourth-order valence-corrected chi connectivity index (χ4v) is 4.45. The Morgan fingerprint density at radius 3 is 2.48 bits per heavy atom. The number of rotatable bonds is 6. The number of carbonyl (C=O) groups excluding carboxylic acids is 2. The van der Waals surface area contributed by atoms with Crippen LogP contribution in [0.4, 0.5) is 0 Å². The van der Waals surface area contributed by atoms with Gasteiger partial charge >= 0.3 is 0 Å². The van der Waals surface area contributed by atoms with Gasteiger partial charge in [0.2, 0.25) is 5.91 Å². The van der Waals surface area contributed by atoms with Crippen LogP contribution in [0.1, 0.15) is 36.0 Å². The van der Waals surface area contributed by atoms with E-state index >= 15 is 0 Å². The van der Waals surface area contributed by atoms with Crippen molar-refractivity contribution in [3.63, 3.8) is 0 Å². The molecule has 0 aromatic heterocycles. The molecule has 1 N–H and O–H groups in total. The van der Waals surface area contributed by atoms with Gasteiger partial charge in [0.1, 0.15) is 0 Å². The van der Waals surface area contributed by atoms with E-state index in [1.807, 2.05) is 17.0 Å². The standard InChI is InChI=1S/C21H28ClN3O2/c1-2-11-23-20(26)19(16-7-3-4-8-16)24-12-14-25(15-13-24)21(27)17-9-5-6-10-18(17)22/h2,5-6,9-10,16,19H,1,3-4,7-8,11-15H2,(H,23,26)/t19-/m0/s1. The number of hydrogen-bond donors (Lipinski definition) is 1. The number of hydrogen-bond acceptors (Lipinski definition) is 3. The Bertz CT molecular complexity index is 680. The van der Waals surface area contributed by atoms with Crippen LogP contribution in [-0.4, -0.2) is 60.4 Å². The van der Waals surface area contributed by atoms with Crippen LogP contribution in [0, 0.1) is 5.92 Å². The third-order valence-electron chi connectivity index (χ3n) is 5.63. The Balaban J connectivity index is 1.64. The van der Waals surface area contributed by atoms with Gasteiger partial charge in [0.05, 0.1) is 16.6 Å². The topological polar surface area (TPSA) is 52.7 Å². The molecule has 2 amide bonds. The van der Waals surface area contributed by atoms with Crippen LogP contribution in [0.25, 0.3) is 0 Å². The average molecular weight is 390 g/mol. The maximum atomic E-state index is 12.8. The number of amides is 2. The highest BCUT2D eigenvalue weighted by Crippen LogP contribution is 2.31. The summed E-state index contributed by atoms with van der Waals surface area (Å²) in [5.41, 5.74) is 0.545. The first-order valence-electron chi connectivity index (χ1n) is 9.78. The van der Waals surface area contributed by atoms with Crippen molar-refractivity contribution in [3.05, 3.63) is 47.5 Å². The zero-order valence-corrected chi connectivity index (χ0v) is 16.5. The molecule has 2 fully saturated rings. The molecule has 1 saturated carbocycles. The molecule has 0 bridgehead atoms. The van der Waals surface area contributed by atoms with E-state index in [-0.39, 0.29) is 17.9 Å². The lowest BCUT2D eigenvalue weighted by atomic mass is 9.95. The predicted octanol–water partition coefficient (Wildman–Crippen LogP) is 2.96. The number of piperazine rings is 1. The summed E-state index contributed by atoms with van der Waals surface area (Å²) in [7, 11) is 0. The molecular formula is C21H28ClN3O2. The van der Waals surface area contributed by atoms with Gasteiger partial charge in [0, 0.05) is 32.7 Å². The third kappa shape index (κ3) is 4.71. The van der Waals surface area contributed by atoms with Crippen molar-refractivity contribution in [3.8, 4) is 0 Å². The van der Waals surface area contributed by atoms with Gasteiger partial charge < -0.3 is 10.2 Å². The van der Waals surface area contributed by atoms with Crippen LogP contribution < -0.4 is 5.32 Å². The summed E-state index contributed by atoms with van der Waals surface area (Å²) in [4.78, 5) is 29.6. The Hall–Kier alpha value is -1.85. The van der Waals surface area contributed by atoms with Gasteiger partial charge in [-0.15, -0.1) is 6.58 Å². The monoisotopic (exact) mass is 389 g/mol. The van der Waals surface area contributed by atoms with Crippen LogP contribution in [0.15, 0.2) is 36.9 Å². The van der Waals surface area contributed by atoms with Crippen LogP contribution in [0.2, 0.25) is 5.02 Å². The van der Waals surface area contributed by atoms with E-state index in [1.165, 1.54) is 12.8 Å². The van der Waals surface area contributed by atoms with Crippen molar-refractivity contribution >= 4 is 23.4 Å². The second-order valence-electron chi connectivity index (χ2n) is 7.33. The highest BCUT2D eigenvalue weighted by atomic mass is 35.5. The number of nitrogens with zero attached hydrogens (tertiary/aromatic N) is 2. The largest absolute Gasteiger partial charge is 0.351 e. The van der Waals surface area contributed by atoms with Gasteiger partial charge in [-0.25, -0.2) is 0 Å². The summed E-state index contributed by atoms with van der Waals surface area (Å²) in [5, 5.41) is 3.46. The minimum Gasteiger partial charge on any atom is -0.351 e. The molecule has 0 unspecified atom stereocenters. The van der Waals surface area contributed by atoms with Crippen molar-refractivity contribution < 1.29 is 9.59 Å². The Morgan fingerprint density at radius 1 is 1.19 bits per heavy atom. The summed E-state index contributed by atoms with van der Waals surface area (Å²) in [5.74, 6) is 0.460. The van der Waals surface area contributed by atoms with Crippen LogP contribution >= 0.6 is 11.6 Å². The SMILES string of the molecule is C=CCNC(=O)[C@H](C1CCCC1)N1CCN(C(=O)c2ccccc2Cl)CC1. The van der Waals surface area contributed by atoms with E-state index < -0.39 is 0 Å². The molecule has 0 radical (unpaired) electrons. The summed E-state index contributed by atoms with van der Waals surface area (Å²) in [6.07, 6.45) is 6.31. The van der Waals surface area contributed by atoms with E-state index in [9.17, 15) is 9.59 Å². The molecule has 1 saturated heterocycles. The van der Waals surface area contributed by atoms with Crippen molar-refractivity contribution in [2.75, 3.05) is 32.7 Å². The van der Waals surface area contributed by atoms with Gasteiger partial charge in [-0.05, 0) is 30.9 Å². The van der Waals surface area contributed by atoms with Gasteiger partial charge in [-0.2, -0.15) is 0 Å². The third-order valence-corrected chi connectivity index (χ3v) is 5.96. The number of benzene rings is 1. The van der Waals surface area contributed by atoms with Crippen molar-refractivity contribution in [1.82, 2.24) is 15.1 Å². The van der Waals surface area contributed by atoms with E-state index in [0.29, 0.717) is 49.2 Å². The second kappa shape index (κ2) is 9.38. The second-order valence-corrected chi connectivity index (χ2v) is 7.74. The Kier molecular flexibility index (Phi) is 6.91. The number of carbonyl (C=O) groups is 2. The van der Waals surface area contributed by atoms with E-state index in [4.69, 9.17) is 11.6 Å². The molecule has 27 heavy (non-hydrogen) atoms. The lowest BCUT2D eigenvalue weighted by Gasteiger charge is -2.40. The Morgan fingerprint density at radius 2 is 1.85 bits per heavy atom. The summed E-state index contributed by atoms with van der Waals surface area (Å²) in [6.45, 7) is 6.82. The molecule has 0 spiro atoms. The molecule has 1 aliphatic carbocycles. The highest BCUT2D eigenvalue weighted by molar-refractivity contribution is 6.33.